The molecular formula is C24H25Cl2N3O2. The van der Waals surface area contributed by atoms with E-state index < -0.39 is 5.41 Å². The quantitative estimate of drug-likeness (QED) is 0.672. The first-order valence-electron chi connectivity index (χ1n) is 10.6. The minimum atomic E-state index is -0.677. The van der Waals surface area contributed by atoms with Crippen LogP contribution in [0.25, 0.3) is 0 Å². The van der Waals surface area contributed by atoms with Crippen molar-refractivity contribution < 1.29 is 9.53 Å². The van der Waals surface area contributed by atoms with Gasteiger partial charge in [0.1, 0.15) is 0 Å². The molecule has 2 aliphatic rings. The van der Waals surface area contributed by atoms with Crippen molar-refractivity contribution in [3.8, 4) is 6.07 Å². The van der Waals surface area contributed by atoms with Crippen LogP contribution in [0.2, 0.25) is 10.0 Å². The van der Waals surface area contributed by atoms with Gasteiger partial charge in [-0.25, -0.2) is 0 Å². The average molecular weight is 458 g/mol. The van der Waals surface area contributed by atoms with E-state index in [1.54, 1.807) is 6.07 Å². The summed E-state index contributed by atoms with van der Waals surface area (Å²) in [5, 5.41) is 10.1. The smallest absolute Gasteiger partial charge is 0.233 e. The van der Waals surface area contributed by atoms with Crippen molar-refractivity contribution in [3.63, 3.8) is 0 Å². The summed E-state index contributed by atoms with van der Waals surface area (Å²) in [6.07, 6.45) is 2.11. The van der Waals surface area contributed by atoms with Gasteiger partial charge in [-0.1, -0.05) is 29.3 Å². The minimum Gasteiger partial charge on any atom is -0.381 e. The predicted molar refractivity (Wildman–Crippen MR) is 123 cm³/mol. The van der Waals surface area contributed by atoms with Crippen LogP contribution in [0.5, 0.6) is 0 Å². The zero-order chi connectivity index (χ0) is 21.8. The van der Waals surface area contributed by atoms with Crippen LogP contribution in [0.1, 0.15) is 30.4 Å². The molecule has 7 heteroatoms. The minimum absolute atomic E-state index is 0.127. The number of hydrogen-bond donors (Lipinski definition) is 0. The van der Waals surface area contributed by atoms with Crippen LogP contribution in [0.4, 0.5) is 5.69 Å². The lowest BCUT2D eigenvalue weighted by molar-refractivity contribution is -0.141. The van der Waals surface area contributed by atoms with Crippen LogP contribution in [0.15, 0.2) is 42.5 Å². The number of amides is 1. The summed E-state index contributed by atoms with van der Waals surface area (Å²) in [4.78, 5) is 18.2. The summed E-state index contributed by atoms with van der Waals surface area (Å²) < 4.78 is 5.59. The van der Waals surface area contributed by atoms with E-state index in [1.165, 1.54) is 0 Å². The van der Waals surface area contributed by atoms with Gasteiger partial charge in [0.25, 0.3) is 0 Å². The fourth-order valence-electron chi connectivity index (χ4n) is 4.62. The SMILES string of the molecule is N#Cc1ccc(N2CCCN(C(=O)C3(c4ccc(Cl)cc4Cl)CCOCC3)CC2)cc1. The molecule has 0 unspecified atom stereocenters. The van der Waals surface area contributed by atoms with E-state index in [0.717, 1.165) is 30.8 Å². The molecule has 2 fully saturated rings. The zero-order valence-electron chi connectivity index (χ0n) is 17.3. The van der Waals surface area contributed by atoms with Gasteiger partial charge in [-0.05, 0) is 61.2 Å². The molecule has 0 atom stereocenters. The average Bonchev–Trinajstić information content (AvgIpc) is 3.05. The van der Waals surface area contributed by atoms with E-state index in [2.05, 4.69) is 11.0 Å². The van der Waals surface area contributed by atoms with Gasteiger partial charge in [-0.15, -0.1) is 0 Å². The third-order valence-electron chi connectivity index (χ3n) is 6.35. The number of nitriles is 1. The number of carbonyl (C=O) groups is 1. The molecule has 0 bridgehead atoms. The second kappa shape index (κ2) is 9.48. The van der Waals surface area contributed by atoms with Gasteiger partial charge >= 0.3 is 0 Å². The Morgan fingerprint density at radius 1 is 1.00 bits per heavy atom. The number of anilines is 1. The van der Waals surface area contributed by atoms with E-state index in [4.69, 9.17) is 33.2 Å². The van der Waals surface area contributed by atoms with Gasteiger partial charge < -0.3 is 14.5 Å². The zero-order valence-corrected chi connectivity index (χ0v) is 18.8. The number of halogens is 2. The Balaban J connectivity index is 1.55. The second-order valence-electron chi connectivity index (χ2n) is 8.11. The molecule has 2 aromatic rings. The second-order valence-corrected chi connectivity index (χ2v) is 8.95. The van der Waals surface area contributed by atoms with Crippen molar-refractivity contribution in [2.45, 2.75) is 24.7 Å². The Morgan fingerprint density at radius 3 is 2.42 bits per heavy atom. The lowest BCUT2D eigenvalue weighted by Gasteiger charge is -2.40. The fourth-order valence-corrected chi connectivity index (χ4v) is 5.21. The molecular weight excluding hydrogens is 433 g/mol. The molecule has 0 saturated carbocycles. The molecule has 2 heterocycles. The van der Waals surface area contributed by atoms with Crippen LogP contribution < -0.4 is 4.90 Å². The largest absolute Gasteiger partial charge is 0.381 e. The van der Waals surface area contributed by atoms with Crippen molar-refractivity contribution in [1.82, 2.24) is 4.90 Å². The molecule has 2 aromatic carbocycles. The topological polar surface area (TPSA) is 56.6 Å². The van der Waals surface area contributed by atoms with Gasteiger partial charge in [0.05, 0.1) is 17.0 Å². The van der Waals surface area contributed by atoms with E-state index >= 15 is 0 Å². The van der Waals surface area contributed by atoms with Crippen LogP contribution in [-0.2, 0) is 14.9 Å². The highest BCUT2D eigenvalue weighted by Gasteiger charge is 2.45. The molecule has 0 spiro atoms. The molecule has 0 aromatic heterocycles. The van der Waals surface area contributed by atoms with Crippen LogP contribution in [0.3, 0.4) is 0 Å². The fraction of sp³-hybridized carbons (Fsp3) is 0.417. The Hall–Kier alpha value is -2.26. The number of ether oxygens (including phenoxy) is 1. The maximum Gasteiger partial charge on any atom is 0.233 e. The van der Waals surface area contributed by atoms with Crippen LogP contribution in [0, 0.1) is 11.3 Å². The summed E-state index contributed by atoms with van der Waals surface area (Å²) in [7, 11) is 0. The van der Waals surface area contributed by atoms with Crippen molar-refractivity contribution >= 4 is 34.8 Å². The maximum absolute atomic E-state index is 13.9. The monoisotopic (exact) mass is 457 g/mol. The Bertz CT molecular complexity index is 981. The third-order valence-corrected chi connectivity index (χ3v) is 6.89. The maximum atomic E-state index is 13.9. The van der Waals surface area contributed by atoms with Crippen LogP contribution in [-0.4, -0.2) is 50.2 Å². The van der Waals surface area contributed by atoms with E-state index in [0.29, 0.717) is 54.8 Å². The van der Waals surface area contributed by atoms with Gasteiger partial charge in [0.15, 0.2) is 0 Å². The molecule has 0 radical (unpaired) electrons. The first-order chi connectivity index (χ1) is 15.0. The normalized spacial score (nSPS) is 18.9. The van der Waals surface area contributed by atoms with Gasteiger partial charge in [-0.2, -0.15) is 5.26 Å². The highest BCUT2D eigenvalue weighted by molar-refractivity contribution is 6.35. The number of rotatable bonds is 3. The summed E-state index contributed by atoms with van der Waals surface area (Å²) in [5.74, 6) is 0.127. The van der Waals surface area contributed by atoms with Crippen molar-refractivity contribution in [1.29, 1.82) is 5.26 Å². The highest BCUT2D eigenvalue weighted by Crippen LogP contribution is 2.41. The lowest BCUT2D eigenvalue weighted by Crippen LogP contribution is -2.51. The number of nitrogens with zero attached hydrogens (tertiary/aromatic N) is 3. The lowest BCUT2D eigenvalue weighted by atomic mass is 9.73. The molecule has 1 amide bonds. The third kappa shape index (κ3) is 4.52. The molecule has 31 heavy (non-hydrogen) atoms. The van der Waals surface area contributed by atoms with Crippen molar-refractivity contribution in [2.24, 2.45) is 0 Å². The Kier molecular flexibility index (Phi) is 6.71. The number of benzene rings is 2. The van der Waals surface area contributed by atoms with E-state index in [1.807, 2.05) is 41.3 Å². The molecule has 162 valence electrons. The summed E-state index contributed by atoms with van der Waals surface area (Å²) >= 11 is 12.7. The van der Waals surface area contributed by atoms with E-state index in [-0.39, 0.29) is 5.91 Å². The molecule has 2 aliphatic heterocycles. The van der Waals surface area contributed by atoms with Crippen molar-refractivity contribution in [2.75, 3.05) is 44.3 Å². The molecule has 5 nitrogen and oxygen atoms in total. The highest BCUT2D eigenvalue weighted by atomic mass is 35.5. The molecule has 2 saturated heterocycles. The first kappa shape index (κ1) is 22.0. The molecule has 0 aliphatic carbocycles. The van der Waals surface area contributed by atoms with Crippen molar-refractivity contribution in [3.05, 3.63) is 63.6 Å². The first-order valence-corrected chi connectivity index (χ1v) is 11.4. The number of hydrogen-bond acceptors (Lipinski definition) is 4. The van der Waals surface area contributed by atoms with Gasteiger partial charge in [-0.3, -0.25) is 4.79 Å². The predicted octanol–water partition coefficient (Wildman–Crippen LogP) is 4.65. The number of carbonyl (C=O) groups excluding carboxylic acids is 1. The summed E-state index contributed by atoms with van der Waals surface area (Å²) in [5.41, 5.74) is 1.90. The van der Waals surface area contributed by atoms with Crippen LogP contribution >= 0.6 is 23.2 Å². The van der Waals surface area contributed by atoms with Gasteiger partial charge in [0, 0.05) is 55.1 Å². The van der Waals surface area contributed by atoms with E-state index in [9.17, 15) is 4.79 Å². The Labute approximate surface area is 193 Å². The molecule has 4 rings (SSSR count). The van der Waals surface area contributed by atoms with Gasteiger partial charge in [0.2, 0.25) is 5.91 Å². The summed E-state index contributed by atoms with van der Waals surface area (Å²) in [6, 6.07) is 15.2. The molecule has 0 N–H and O–H groups in total. The summed E-state index contributed by atoms with van der Waals surface area (Å²) in [6.45, 7) is 4.05. The standard InChI is InChI=1S/C24H25Cl2N3O2/c25-19-4-7-21(22(26)16-19)24(8-14-31-15-9-24)23(30)29-11-1-10-28(12-13-29)20-5-2-18(17-27)3-6-20/h2-7,16H,1,8-15H2. The Morgan fingerprint density at radius 2 is 1.74 bits per heavy atom.